The van der Waals surface area contributed by atoms with E-state index in [1.807, 2.05) is 12.3 Å². The summed E-state index contributed by atoms with van der Waals surface area (Å²) in [6.07, 6.45) is 3.27. The molecule has 0 spiro atoms. The Kier molecular flexibility index (Phi) is 4.50. The Labute approximate surface area is 172 Å². The van der Waals surface area contributed by atoms with Gasteiger partial charge in [0.15, 0.2) is 0 Å². The lowest BCUT2D eigenvalue weighted by Gasteiger charge is -2.44. The molecule has 1 amide bonds. The summed E-state index contributed by atoms with van der Waals surface area (Å²) in [5, 5.41) is 3.76. The van der Waals surface area contributed by atoms with Crippen LogP contribution in [-0.2, 0) is 0 Å². The van der Waals surface area contributed by atoms with Gasteiger partial charge in [-0.25, -0.2) is 4.98 Å². The van der Waals surface area contributed by atoms with Crippen molar-refractivity contribution in [1.29, 1.82) is 0 Å². The highest BCUT2D eigenvalue weighted by Crippen LogP contribution is 2.49. The summed E-state index contributed by atoms with van der Waals surface area (Å²) in [7, 11) is 1.79. The summed E-state index contributed by atoms with van der Waals surface area (Å²) in [6, 6.07) is 2.21. The molecule has 0 aromatic carbocycles. The Balaban J connectivity index is 1.29. The van der Waals surface area contributed by atoms with Crippen LogP contribution >= 0.6 is 0 Å². The van der Waals surface area contributed by atoms with E-state index < -0.39 is 11.7 Å². The zero-order valence-corrected chi connectivity index (χ0v) is 16.9. The van der Waals surface area contributed by atoms with Crippen molar-refractivity contribution < 1.29 is 18.0 Å². The van der Waals surface area contributed by atoms with Gasteiger partial charge in [-0.15, -0.1) is 0 Å². The second-order valence-corrected chi connectivity index (χ2v) is 9.01. The van der Waals surface area contributed by atoms with Crippen molar-refractivity contribution in [2.75, 3.05) is 25.2 Å². The number of carbonyl (C=O) groups excluding carboxylic acids is 1. The van der Waals surface area contributed by atoms with E-state index in [1.165, 1.54) is 0 Å². The summed E-state index contributed by atoms with van der Waals surface area (Å²) >= 11 is 0. The van der Waals surface area contributed by atoms with Crippen LogP contribution < -0.4 is 10.2 Å². The van der Waals surface area contributed by atoms with E-state index in [0.29, 0.717) is 18.8 Å². The fourth-order valence-electron chi connectivity index (χ4n) is 5.01. The van der Waals surface area contributed by atoms with Gasteiger partial charge in [-0.2, -0.15) is 13.2 Å². The molecule has 0 saturated heterocycles. The minimum Gasteiger partial charge on any atom is -0.349 e. The van der Waals surface area contributed by atoms with Gasteiger partial charge in [0.2, 0.25) is 0 Å². The number of amides is 1. The lowest BCUT2D eigenvalue weighted by Crippen LogP contribution is -2.51. The smallest absolute Gasteiger partial charge is 0.349 e. The van der Waals surface area contributed by atoms with Gasteiger partial charge in [-0.1, -0.05) is 0 Å². The predicted octanol–water partition coefficient (Wildman–Crippen LogP) is 3.66. The lowest BCUT2D eigenvalue weighted by molar-refractivity contribution is -0.166. The van der Waals surface area contributed by atoms with Crippen LogP contribution in [0.15, 0.2) is 18.5 Å². The van der Waals surface area contributed by atoms with Crippen LogP contribution in [0.1, 0.15) is 48.9 Å². The minimum absolute atomic E-state index is 0.0309. The Morgan fingerprint density at radius 3 is 2.67 bits per heavy atom. The van der Waals surface area contributed by atoms with Crippen molar-refractivity contribution in [3.05, 3.63) is 24.0 Å². The highest BCUT2D eigenvalue weighted by Gasteiger charge is 2.63. The molecule has 2 N–H and O–H groups in total. The Morgan fingerprint density at radius 1 is 1.27 bits per heavy atom. The quantitative estimate of drug-likeness (QED) is 0.791. The summed E-state index contributed by atoms with van der Waals surface area (Å²) in [4.78, 5) is 24.2. The van der Waals surface area contributed by atoms with Crippen LogP contribution in [0.2, 0.25) is 0 Å². The molecule has 3 heterocycles. The second-order valence-electron chi connectivity index (χ2n) is 9.01. The second kappa shape index (κ2) is 6.87. The van der Waals surface area contributed by atoms with E-state index in [9.17, 15) is 18.0 Å². The number of anilines is 1. The molecule has 9 heteroatoms. The van der Waals surface area contributed by atoms with Gasteiger partial charge in [0.05, 0.1) is 17.9 Å². The van der Waals surface area contributed by atoms with Crippen LogP contribution in [0.25, 0.3) is 11.0 Å². The lowest BCUT2D eigenvalue weighted by atomic mass is 9.84. The molecule has 1 aliphatic heterocycles. The third-order valence-corrected chi connectivity index (χ3v) is 7.07. The number of nitrogens with zero attached hydrogens (tertiary/aromatic N) is 3. The third kappa shape index (κ3) is 3.14. The van der Waals surface area contributed by atoms with Crippen molar-refractivity contribution in [3.8, 4) is 0 Å². The van der Waals surface area contributed by atoms with Crippen molar-refractivity contribution in [3.63, 3.8) is 0 Å². The predicted molar refractivity (Wildman–Crippen MR) is 107 cm³/mol. The highest BCUT2D eigenvalue weighted by molar-refractivity contribution is 6.08. The molecule has 0 bridgehead atoms. The molecule has 2 saturated carbocycles. The molecule has 0 unspecified atom stereocenters. The van der Waals surface area contributed by atoms with Gasteiger partial charge in [-0.3, -0.25) is 4.79 Å². The largest absolute Gasteiger partial charge is 0.406 e. The summed E-state index contributed by atoms with van der Waals surface area (Å²) in [6.45, 7) is 0.939. The maximum atomic E-state index is 13.2. The Bertz CT molecular complexity index is 959. The zero-order valence-electron chi connectivity index (χ0n) is 16.9. The number of pyridine rings is 1. The van der Waals surface area contributed by atoms with E-state index in [1.54, 1.807) is 18.1 Å². The summed E-state index contributed by atoms with van der Waals surface area (Å²) in [5.74, 6) is 0.228. The number of H-pyrrole nitrogens is 1. The van der Waals surface area contributed by atoms with Crippen LogP contribution in [0.3, 0.4) is 0 Å². The number of hydrogen-bond donors (Lipinski definition) is 2. The molecule has 2 aromatic rings. The standard InChI is InChI=1S/C21H26F3N5O/c1-28-12-29(17-15-6-9-25-18(15)26-11-16(17)19(28)30)14-4-2-13(3-5-14)10-27-20(7-8-20)21(22,23)24/h6,9,11,13-14,27H,2-5,7-8,10,12H2,1H3,(H,25,26)/t13-,14-. The van der Waals surface area contributed by atoms with Gasteiger partial charge in [0.1, 0.15) is 11.2 Å². The van der Waals surface area contributed by atoms with E-state index in [0.717, 1.165) is 42.4 Å². The fraction of sp³-hybridized carbons (Fsp3) is 0.619. The number of hydrogen-bond acceptors (Lipinski definition) is 4. The first kappa shape index (κ1) is 19.7. The average molecular weight is 421 g/mol. The first-order valence-electron chi connectivity index (χ1n) is 10.6. The van der Waals surface area contributed by atoms with Crippen molar-refractivity contribution >= 4 is 22.6 Å². The number of fused-ring (bicyclic) bond motifs is 3. The average Bonchev–Trinajstić information content (AvgIpc) is 3.38. The molecule has 2 aliphatic carbocycles. The van der Waals surface area contributed by atoms with Crippen LogP contribution in [0.5, 0.6) is 0 Å². The molecular weight excluding hydrogens is 395 g/mol. The third-order valence-electron chi connectivity index (χ3n) is 7.07. The van der Waals surface area contributed by atoms with E-state index >= 15 is 0 Å². The van der Waals surface area contributed by atoms with Gasteiger partial charge >= 0.3 is 6.18 Å². The van der Waals surface area contributed by atoms with E-state index in [-0.39, 0.29) is 30.7 Å². The number of rotatable bonds is 4. The number of carbonyl (C=O) groups is 1. The van der Waals surface area contributed by atoms with Gasteiger partial charge in [0.25, 0.3) is 5.91 Å². The molecule has 2 aromatic heterocycles. The Hall–Kier alpha value is -2.29. The number of nitrogens with one attached hydrogen (secondary N) is 2. The molecular formula is C21H26F3N5O. The minimum atomic E-state index is -4.16. The topological polar surface area (TPSA) is 64.3 Å². The molecule has 30 heavy (non-hydrogen) atoms. The summed E-state index contributed by atoms with van der Waals surface area (Å²) in [5.41, 5.74) is 0.669. The maximum absolute atomic E-state index is 13.2. The zero-order chi connectivity index (χ0) is 21.1. The first-order chi connectivity index (χ1) is 14.3. The van der Waals surface area contributed by atoms with Crippen molar-refractivity contribution in [2.24, 2.45) is 5.92 Å². The van der Waals surface area contributed by atoms with Crippen LogP contribution in [-0.4, -0.2) is 58.8 Å². The van der Waals surface area contributed by atoms with Gasteiger partial charge < -0.3 is 20.1 Å². The molecule has 3 aliphatic rings. The first-order valence-corrected chi connectivity index (χ1v) is 10.6. The fourth-order valence-corrected chi connectivity index (χ4v) is 5.01. The Morgan fingerprint density at radius 2 is 2.00 bits per heavy atom. The van der Waals surface area contributed by atoms with Gasteiger partial charge in [0, 0.05) is 30.9 Å². The number of alkyl halides is 3. The highest BCUT2D eigenvalue weighted by atomic mass is 19.4. The van der Waals surface area contributed by atoms with Crippen LogP contribution in [0, 0.1) is 5.92 Å². The van der Waals surface area contributed by atoms with Crippen molar-refractivity contribution in [1.82, 2.24) is 20.2 Å². The van der Waals surface area contributed by atoms with E-state index in [4.69, 9.17) is 0 Å². The normalized spacial score (nSPS) is 26.2. The van der Waals surface area contributed by atoms with E-state index in [2.05, 4.69) is 20.2 Å². The molecule has 0 atom stereocenters. The molecule has 6 nitrogen and oxygen atoms in total. The molecule has 5 rings (SSSR count). The molecule has 0 radical (unpaired) electrons. The number of aromatic nitrogens is 2. The van der Waals surface area contributed by atoms with Crippen molar-refractivity contribution in [2.45, 2.75) is 56.3 Å². The number of aromatic amines is 1. The summed E-state index contributed by atoms with van der Waals surface area (Å²) < 4.78 is 39.5. The monoisotopic (exact) mass is 421 g/mol. The maximum Gasteiger partial charge on any atom is 0.406 e. The van der Waals surface area contributed by atoms with Crippen LogP contribution in [0.4, 0.5) is 18.9 Å². The SMILES string of the molecule is CN1CN([C@H]2CC[C@H](CNC3(C(F)(F)F)CC3)CC2)c2c(cnc3[nH]ccc23)C1=O. The molecule has 2 fully saturated rings. The number of halogens is 3. The molecule has 162 valence electrons. The van der Waals surface area contributed by atoms with Gasteiger partial charge in [-0.05, 0) is 57.1 Å².